The average Bonchev–Trinajstić information content (AvgIpc) is 1.76. The Kier molecular flexibility index (Phi) is 82.9. The predicted octanol–water partition coefficient (Wildman–Crippen LogP) is 8.05. The molecule has 97 heavy (non-hydrogen) atoms. The van der Waals surface area contributed by atoms with E-state index in [2.05, 4.69) is 64.3 Å². The van der Waals surface area contributed by atoms with Gasteiger partial charge in [-0.3, -0.25) is 22.9 Å². The van der Waals surface area contributed by atoms with Crippen molar-refractivity contribution < 1.29 is 264 Å². The molecule has 15 unspecified atom stereocenters. The normalized spacial score (nSPS) is 26.4. The second-order valence-corrected chi connectivity index (χ2v) is 28.8. The molecule has 0 aromatic heterocycles. The third kappa shape index (κ3) is 49.6. The monoisotopic (exact) mass is 1810 g/mol. The molecule has 0 bridgehead atoms. The molecule has 576 valence electrons. The third-order valence-corrected chi connectivity index (χ3v) is 20.7. The van der Waals surface area contributed by atoms with E-state index in [4.69, 9.17) is 79.9 Å². The largest absolute Gasteiger partial charge is 0.394 e. The fourth-order valence-corrected chi connectivity index (χ4v) is 14.5. The summed E-state index contributed by atoms with van der Waals surface area (Å²) in [6.45, 7) is 28.5. The van der Waals surface area contributed by atoms with Gasteiger partial charge in [-0.05, 0) is 112 Å². The summed E-state index contributed by atoms with van der Waals surface area (Å²) in [4.78, 5) is 0. The predicted molar refractivity (Wildman–Crippen MR) is 360 cm³/mol. The minimum atomic E-state index is -2.94. The van der Waals surface area contributed by atoms with Crippen molar-refractivity contribution in [2.45, 2.75) is 273 Å². The van der Waals surface area contributed by atoms with Crippen molar-refractivity contribution in [3.05, 3.63) is 0 Å². The van der Waals surface area contributed by atoms with Gasteiger partial charge in [0.2, 0.25) is 0 Å². The van der Waals surface area contributed by atoms with E-state index in [9.17, 15) is 48.9 Å². The minimum Gasteiger partial charge on any atom is -0.394 e. The zero-order valence-electron chi connectivity index (χ0n) is 59.1. The fraction of sp³-hybridized carbons (Fsp3) is 1.00. The smallest absolute Gasteiger partial charge is 0.319 e. The second-order valence-electron chi connectivity index (χ2n) is 22.9. The van der Waals surface area contributed by atoms with Gasteiger partial charge >= 0.3 is 33.0 Å². The van der Waals surface area contributed by atoms with Crippen molar-refractivity contribution in [2.75, 3.05) is 93.1 Å². The molecule has 3 aliphatic rings. The van der Waals surface area contributed by atoms with Crippen LogP contribution in [-0.4, -0.2) is 248 Å². The number of nitrogens with zero attached hydrogens (tertiary/aromatic N) is 1. The van der Waals surface area contributed by atoms with Crippen molar-refractivity contribution >= 4 is 41.3 Å². The van der Waals surface area contributed by atoms with Gasteiger partial charge in [0, 0.05) is 188 Å². The third-order valence-electron chi connectivity index (χ3n) is 15.1. The number of ether oxygens (including phenoxy) is 6. The van der Waals surface area contributed by atoms with Crippen LogP contribution in [-0.2, 0) is 218 Å². The molecule has 3 rings (SSSR count). The van der Waals surface area contributed by atoms with Crippen molar-refractivity contribution in [3.63, 3.8) is 0 Å². The Morgan fingerprint density at radius 3 is 1.25 bits per heavy atom. The van der Waals surface area contributed by atoms with Crippen LogP contribution in [0.15, 0.2) is 0 Å². The van der Waals surface area contributed by atoms with Crippen LogP contribution in [0.5, 0.6) is 0 Å². The summed E-state index contributed by atoms with van der Waals surface area (Å²) >= 11 is 0. The Morgan fingerprint density at radius 1 is 0.495 bits per heavy atom. The first-order valence-electron chi connectivity index (χ1n) is 32.2. The molecule has 0 spiro atoms. The van der Waals surface area contributed by atoms with Gasteiger partial charge in [-0.1, -0.05) is 63.3 Å². The maximum absolute atomic E-state index is 12.2. The van der Waals surface area contributed by atoms with E-state index in [1.807, 2.05) is 27.7 Å². The van der Waals surface area contributed by atoms with E-state index in [0.29, 0.717) is 82.5 Å². The molecule has 0 aromatic carbocycles. The topological polar surface area (TPSA) is 392 Å². The first-order valence-corrected chi connectivity index (χ1v) is 38.8. The van der Waals surface area contributed by atoms with Gasteiger partial charge in [-0.25, -0.2) is 0 Å². The summed E-state index contributed by atoms with van der Waals surface area (Å²) in [6.07, 6.45) is -2.05. The zero-order chi connectivity index (χ0) is 69.2. The summed E-state index contributed by atoms with van der Waals surface area (Å²) in [5.74, 6) is -0.659. The molecular weight excluding hydrogens is 1680 g/mol. The standard InChI is InChI=1S/C28H57O19P3.C14H29O5P.C12H28NOP.C3H8O3.2CH4.4Y/c1-18-23(31)25(33)21(14-29)45-27(18)39-10-6-4-8-12-41-49(36)43-16-20(47-48(35)38-3)17-44-50(37)42-13-9-5-7-11-40-28-19(2)24(32)26(34)22(15-30)46-28;1-6-12(7-2)19-20(15)17-9-13-14(16-8-3)10(4)11(5)18-13;1-8-12(9-2)14-15(7)13(10(3)4)11(5)6;4-1-3(6)2-5;;;;;;/h18-34,48-50H,4-17H2,1-3H3;10-14,20H,6-9H2,1-5H3;10-12H,8-9H2,1-7H3;3-6H,1-2H2;2*1H4;;;;/t;10-,11-,13+,14-;;;;;;;;/m.0......../s1. The second kappa shape index (κ2) is 69.9. The SMILES string of the molecule is C.C.CCC(CC)OP(C)N(C(C)C)C(C)C.CCO[C@H]1[C@@H](C)[C@H](C)O[C@@H]1CO[PH](=O)OC(CC)CC.CO[PH](=O)OC(CO[PH](=O)OCCCCCOC1OC(CO)C(O)C(O)C1C)CO[PH](=O)OCCCCCOC1OC(CO)C(O)C(O)C1C.OCC(O)CO.[Y].[Y].[Y].[Y]. The van der Waals surface area contributed by atoms with E-state index in [0.717, 1.165) is 25.7 Å². The Labute approximate surface area is 686 Å². The van der Waals surface area contributed by atoms with Gasteiger partial charge < -0.3 is 115 Å². The Balaban J connectivity index is -0.000000283. The van der Waals surface area contributed by atoms with Gasteiger partial charge in [-0.15, -0.1) is 0 Å². The van der Waals surface area contributed by atoms with Crippen LogP contribution < -0.4 is 0 Å². The molecule has 3 saturated heterocycles. The van der Waals surface area contributed by atoms with E-state index in [1.54, 1.807) is 13.8 Å². The van der Waals surface area contributed by atoms with Gasteiger partial charge in [-0.2, -0.15) is 0 Å². The molecule has 4 radical (unpaired) electrons. The molecule has 0 aromatic rings. The molecule has 29 nitrogen and oxygen atoms in total. The summed E-state index contributed by atoms with van der Waals surface area (Å²) < 4.78 is 132. The van der Waals surface area contributed by atoms with E-state index in [1.165, 1.54) is 7.11 Å². The number of hydrogen-bond acceptors (Lipinski definition) is 29. The molecule has 19 atom stereocenters. The summed E-state index contributed by atoms with van der Waals surface area (Å²) in [5, 5.41) is 82.6. The van der Waals surface area contributed by atoms with Gasteiger partial charge in [0.25, 0.3) is 0 Å². The molecule has 0 aliphatic carbocycles. The number of aliphatic hydroxyl groups is 9. The number of aliphatic hydroxyl groups excluding tert-OH is 9. The molecule has 9 N–H and O–H groups in total. The van der Waals surface area contributed by atoms with Crippen LogP contribution in [0.1, 0.15) is 169 Å². The van der Waals surface area contributed by atoms with Crippen molar-refractivity contribution in [1.29, 1.82) is 0 Å². The minimum absolute atomic E-state index is 0. The number of rotatable bonds is 45. The number of unbranched alkanes of at least 4 members (excludes halogenated alkanes) is 4. The fourth-order valence-electron chi connectivity index (χ4n) is 9.46. The van der Waals surface area contributed by atoms with Gasteiger partial charge in [0.15, 0.2) is 12.6 Å². The first kappa shape index (κ1) is 115. The maximum Gasteiger partial charge on any atom is 0.319 e. The van der Waals surface area contributed by atoms with Gasteiger partial charge in [0.1, 0.15) is 51.0 Å². The van der Waals surface area contributed by atoms with Crippen LogP contribution in [0.4, 0.5) is 0 Å². The van der Waals surface area contributed by atoms with E-state index in [-0.39, 0.29) is 216 Å². The quantitative estimate of drug-likeness (QED) is 0.0205. The molecule has 3 fully saturated rings. The van der Waals surface area contributed by atoms with Crippen LogP contribution in [0, 0.1) is 17.8 Å². The molecular formula is C59H130NO28P5Y4. The van der Waals surface area contributed by atoms with Crippen molar-refractivity contribution in [2.24, 2.45) is 17.8 Å². The van der Waals surface area contributed by atoms with Crippen LogP contribution >= 0.6 is 41.3 Å². The summed E-state index contributed by atoms with van der Waals surface area (Å²) in [6, 6.07) is 1.13. The Hall–Kier alpha value is 4.77. The van der Waals surface area contributed by atoms with Crippen LogP contribution in [0.2, 0.25) is 0 Å². The maximum atomic E-state index is 12.2. The molecule has 38 heteroatoms. The zero-order valence-corrected chi connectivity index (χ0v) is 75.3. The molecule has 3 heterocycles. The summed E-state index contributed by atoms with van der Waals surface area (Å²) in [7, 11) is -10.5. The van der Waals surface area contributed by atoms with Crippen LogP contribution in [0.25, 0.3) is 0 Å². The van der Waals surface area contributed by atoms with Crippen molar-refractivity contribution in [1.82, 2.24) is 4.67 Å². The van der Waals surface area contributed by atoms with E-state index >= 15 is 0 Å². The molecule has 0 amide bonds. The Morgan fingerprint density at radius 2 is 0.897 bits per heavy atom. The Bertz CT molecular complexity index is 1800. The average molecular weight is 1810 g/mol. The van der Waals surface area contributed by atoms with E-state index < -0.39 is 128 Å². The van der Waals surface area contributed by atoms with Crippen molar-refractivity contribution in [3.8, 4) is 0 Å². The molecule has 0 saturated carbocycles. The molecule has 3 aliphatic heterocycles. The van der Waals surface area contributed by atoms with Gasteiger partial charge in [0.05, 0.1) is 96.1 Å². The number of hydrogen-bond donors (Lipinski definition) is 9. The first-order chi connectivity index (χ1) is 43.2. The summed E-state index contributed by atoms with van der Waals surface area (Å²) in [5.41, 5.74) is 0. The van der Waals surface area contributed by atoms with Crippen LogP contribution in [0.3, 0.4) is 0 Å².